The first-order valence-corrected chi connectivity index (χ1v) is 4.58. The van der Waals surface area contributed by atoms with Crippen LogP contribution in [0.4, 0.5) is 0 Å². The van der Waals surface area contributed by atoms with Crippen LogP contribution in [0.25, 0.3) is 0 Å². The summed E-state index contributed by atoms with van der Waals surface area (Å²) in [6, 6.07) is 0. The Morgan fingerprint density at radius 3 is 2.58 bits per heavy atom. The Kier molecular flexibility index (Phi) is 8.20. The molecule has 0 radical (unpaired) electrons. The second kappa shape index (κ2) is 8.58. The standard InChI is InChI=1S/C10H20N2/c1-4-5-6-9-12(3)10-7-8-11-2/h1,11H,5-10H2,2-3H3. The maximum Gasteiger partial charge on any atom is 0.00982 e. The molecule has 0 bridgehead atoms. The first-order valence-electron chi connectivity index (χ1n) is 4.58. The Hall–Kier alpha value is -0.520. The molecule has 0 heterocycles. The maximum absolute atomic E-state index is 5.16. The highest BCUT2D eigenvalue weighted by Crippen LogP contribution is 1.92. The summed E-state index contributed by atoms with van der Waals surface area (Å²) in [7, 11) is 4.13. The fourth-order valence-corrected chi connectivity index (χ4v) is 1.09. The van der Waals surface area contributed by atoms with E-state index in [1.54, 1.807) is 0 Å². The first-order chi connectivity index (χ1) is 5.81. The van der Waals surface area contributed by atoms with Crippen molar-refractivity contribution in [2.75, 3.05) is 33.7 Å². The molecule has 0 saturated carbocycles. The van der Waals surface area contributed by atoms with Crippen LogP contribution in [0, 0.1) is 12.3 Å². The summed E-state index contributed by atoms with van der Waals surface area (Å²) in [5, 5.41) is 3.13. The van der Waals surface area contributed by atoms with Gasteiger partial charge in [-0.15, -0.1) is 12.3 Å². The molecule has 2 nitrogen and oxygen atoms in total. The summed E-state index contributed by atoms with van der Waals surface area (Å²) in [4.78, 5) is 2.33. The van der Waals surface area contributed by atoms with Gasteiger partial charge in [0, 0.05) is 6.42 Å². The van der Waals surface area contributed by atoms with E-state index in [0.717, 1.165) is 32.5 Å². The van der Waals surface area contributed by atoms with Gasteiger partial charge in [-0.05, 0) is 46.6 Å². The maximum atomic E-state index is 5.16. The Morgan fingerprint density at radius 1 is 1.33 bits per heavy atom. The van der Waals surface area contributed by atoms with Gasteiger partial charge in [0.25, 0.3) is 0 Å². The molecule has 0 aromatic rings. The summed E-state index contributed by atoms with van der Waals surface area (Å²) in [5.74, 6) is 2.65. The van der Waals surface area contributed by atoms with Gasteiger partial charge >= 0.3 is 0 Å². The fraction of sp³-hybridized carbons (Fsp3) is 0.800. The highest BCUT2D eigenvalue weighted by molar-refractivity contribution is 4.83. The van der Waals surface area contributed by atoms with Crippen molar-refractivity contribution in [3.8, 4) is 12.3 Å². The van der Waals surface area contributed by atoms with Crippen LogP contribution in [-0.2, 0) is 0 Å². The molecule has 0 atom stereocenters. The van der Waals surface area contributed by atoms with Gasteiger partial charge in [-0.3, -0.25) is 0 Å². The second-order valence-corrected chi connectivity index (χ2v) is 3.07. The second-order valence-electron chi connectivity index (χ2n) is 3.07. The van der Waals surface area contributed by atoms with Crippen molar-refractivity contribution in [1.29, 1.82) is 0 Å². The van der Waals surface area contributed by atoms with Crippen LogP contribution >= 0.6 is 0 Å². The minimum atomic E-state index is 0.899. The summed E-state index contributed by atoms with van der Waals surface area (Å²) < 4.78 is 0. The Morgan fingerprint density at radius 2 is 2.00 bits per heavy atom. The fourth-order valence-electron chi connectivity index (χ4n) is 1.09. The van der Waals surface area contributed by atoms with E-state index in [0.29, 0.717) is 0 Å². The third kappa shape index (κ3) is 7.59. The number of nitrogens with zero attached hydrogens (tertiary/aromatic N) is 1. The normalized spacial score (nSPS) is 10.2. The molecule has 70 valence electrons. The van der Waals surface area contributed by atoms with E-state index < -0.39 is 0 Å². The van der Waals surface area contributed by atoms with Crippen LogP contribution in [0.1, 0.15) is 19.3 Å². The molecule has 0 saturated heterocycles. The van der Waals surface area contributed by atoms with Crippen LogP contribution in [0.5, 0.6) is 0 Å². The van der Waals surface area contributed by atoms with Crippen molar-refractivity contribution in [3.63, 3.8) is 0 Å². The topological polar surface area (TPSA) is 15.3 Å². The predicted octanol–water partition coefficient (Wildman–Crippen LogP) is 0.941. The largest absolute Gasteiger partial charge is 0.320 e. The zero-order chi connectivity index (χ0) is 9.23. The summed E-state index contributed by atoms with van der Waals surface area (Å²) >= 11 is 0. The number of unbranched alkanes of at least 4 members (excludes halogenated alkanes) is 1. The molecule has 0 aliphatic rings. The van der Waals surface area contributed by atoms with Crippen molar-refractivity contribution in [2.24, 2.45) is 0 Å². The highest BCUT2D eigenvalue weighted by Gasteiger charge is 1.95. The lowest BCUT2D eigenvalue weighted by Crippen LogP contribution is -2.23. The molecule has 2 heteroatoms. The highest BCUT2D eigenvalue weighted by atomic mass is 15.1. The Balaban J connectivity index is 3.11. The first kappa shape index (κ1) is 11.5. The van der Waals surface area contributed by atoms with Crippen molar-refractivity contribution >= 4 is 0 Å². The van der Waals surface area contributed by atoms with Crippen molar-refractivity contribution in [2.45, 2.75) is 19.3 Å². The van der Waals surface area contributed by atoms with Gasteiger partial charge in [-0.1, -0.05) is 0 Å². The SMILES string of the molecule is C#CCCCN(C)CCCNC. The lowest BCUT2D eigenvalue weighted by Gasteiger charge is -2.15. The molecule has 0 unspecified atom stereocenters. The van der Waals surface area contributed by atoms with Gasteiger partial charge in [0.05, 0.1) is 0 Å². The molecule has 12 heavy (non-hydrogen) atoms. The molecular formula is C10H20N2. The van der Waals surface area contributed by atoms with Gasteiger partial charge in [0.2, 0.25) is 0 Å². The zero-order valence-electron chi connectivity index (χ0n) is 8.27. The lowest BCUT2D eigenvalue weighted by molar-refractivity contribution is 0.325. The number of hydrogen-bond donors (Lipinski definition) is 1. The molecule has 0 aliphatic carbocycles. The summed E-state index contributed by atoms with van der Waals surface area (Å²) in [5.41, 5.74) is 0. The van der Waals surface area contributed by atoms with E-state index in [9.17, 15) is 0 Å². The number of rotatable bonds is 7. The van der Waals surface area contributed by atoms with E-state index in [4.69, 9.17) is 6.42 Å². The molecule has 0 amide bonds. The van der Waals surface area contributed by atoms with E-state index in [-0.39, 0.29) is 0 Å². The van der Waals surface area contributed by atoms with Crippen LogP contribution < -0.4 is 5.32 Å². The van der Waals surface area contributed by atoms with E-state index in [1.165, 1.54) is 6.42 Å². The molecule has 0 rings (SSSR count). The monoisotopic (exact) mass is 168 g/mol. The van der Waals surface area contributed by atoms with Crippen molar-refractivity contribution < 1.29 is 0 Å². The summed E-state index contributed by atoms with van der Waals surface area (Å²) in [6.45, 7) is 3.37. The molecule has 0 aromatic carbocycles. The summed E-state index contributed by atoms with van der Waals surface area (Å²) in [6.07, 6.45) is 8.39. The van der Waals surface area contributed by atoms with Gasteiger partial charge in [0.1, 0.15) is 0 Å². The van der Waals surface area contributed by atoms with Crippen molar-refractivity contribution in [1.82, 2.24) is 10.2 Å². The number of nitrogens with one attached hydrogen (secondary N) is 1. The average Bonchev–Trinajstić information content (AvgIpc) is 2.06. The molecule has 0 spiro atoms. The average molecular weight is 168 g/mol. The van der Waals surface area contributed by atoms with Gasteiger partial charge in [-0.2, -0.15) is 0 Å². The Bertz CT molecular complexity index is 126. The molecule has 1 N–H and O–H groups in total. The minimum Gasteiger partial charge on any atom is -0.320 e. The third-order valence-corrected chi connectivity index (χ3v) is 1.83. The van der Waals surface area contributed by atoms with Gasteiger partial charge < -0.3 is 10.2 Å². The van der Waals surface area contributed by atoms with E-state index in [2.05, 4.69) is 23.2 Å². The Labute approximate surface area is 76.3 Å². The number of hydrogen-bond acceptors (Lipinski definition) is 2. The van der Waals surface area contributed by atoms with Gasteiger partial charge in [0.15, 0.2) is 0 Å². The quantitative estimate of drug-likeness (QED) is 0.449. The lowest BCUT2D eigenvalue weighted by atomic mass is 10.3. The van der Waals surface area contributed by atoms with Crippen LogP contribution in [-0.4, -0.2) is 38.6 Å². The molecule has 0 aliphatic heterocycles. The van der Waals surface area contributed by atoms with Crippen molar-refractivity contribution in [3.05, 3.63) is 0 Å². The van der Waals surface area contributed by atoms with Crippen LogP contribution in [0.3, 0.4) is 0 Å². The third-order valence-electron chi connectivity index (χ3n) is 1.83. The zero-order valence-corrected chi connectivity index (χ0v) is 8.27. The molecule has 0 fully saturated rings. The van der Waals surface area contributed by atoms with Gasteiger partial charge in [-0.25, -0.2) is 0 Å². The van der Waals surface area contributed by atoms with Crippen LogP contribution in [0.15, 0.2) is 0 Å². The number of terminal acetylenes is 1. The molecular weight excluding hydrogens is 148 g/mol. The minimum absolute atomic E-state index is 0.899. The van der Waals surface area contributed by atoms with Crippen LogP contribution in [0.2, 0.25) is 0 Å². The molecule has 0 aromatic heterocycles. The van der Waals surface area contributed by atoms with E-state index >= 15 is 0 Å². The smallest absolute Gasteiger partial charge is 0.00982 e. The predicted molar refractivity (Wildman–Crippen MR) is 54.1 cm³/mol. The van der Waals surface area contributed by atoms with E-state index in [1.807, 2.05) is 7.05 Å².